The average Bonchev–Trinajstić information content (AvgIpc) is 2.16. The molecule has 1 aromatic rings. The predicted octanol–water partition coefficient (Wildman–Crippen LogP) is 2.85. The molecular weight excluding hydrogens is 185 g/mol. The Morgan fingerprint density at radius 3 is 2.71 bits per heavy atom. The van der Waals surface area contributed by atoms with E-state index in [1.54, 1.807) is 19.1 Å². The minimum Gasteiger partial charge on any atom is -0.259 e. The predicted molar refractivity (Wildman–Crippen MR) is 51.7 cm³/mol. The number of hydrogen-bond acceptors (Lipinski definition) is 2. The Labute approximate surface area is 81.0 Å². The first-order chi connectivity index (χ1) is 6.65. The van der Waals surface area contributed by atoms with E-state index < -0.39 is 10.7 Å². The van der Waals surface area contributed by atoms with Crippen molar-refractivity contribution in [1.82, 2.24) is 0 Å². The van der Waals surface area contributed by atoms with Crippen LogP contribution < -0.4 is 0 Å². The maximum atomic E-state index is 13.1. The Morgan fingerprint density at radius 1 is 1.57 bits per heavy atom. The monoisotopic (exact) mass is 195 g/mol. The quantitative estimate of drug-likeness (QED) is 0.549. The fourth-order valence-electron chi connectivity index (χ4n) is 1.06. The maximum absolute atomic E-state index is 13.1. The van der Waals surface area contributed by atoms with Gasteiger partial charge in [-0.2, -0.15) is 0 Å². The standard InChI is InChI=1S/C10H10FNO2/c1-2-9(12(13)14)7-8-5-3-4-6-10(8)11/h3-7H,2H2,1H3/b9-7+. The van der Waals surface area contributed by atoms with Gasteiger partial charge >= 0.3 is 0 Å². The van der Waals surface area contributed by atoms with Gasteiger partial charge in [-0.05, 0) is 6.07 Å². The molecule has 4 heteroatoms. The summed E-state index contributed by atoms with van der Waals surface area (Å²) in [4.78, 5) is 9.97. The first-order valence-corrected chi connectivity index (χ1v) is 4.24. The molecule has 0 atom stereocenters. The summed E-state index contributed by atoms with van der Waals surface area (Å²) >= 11 is 0. The smallest absolute Gasteiger partial charge is 0.246 e. The van der Waals surface area contributed by atoms with Crippen LogP contribution in [0.2, 0.25) is 0 Å². The third kappa shape index (κ3) is 2.39. The molecule has 0 bridgehead atoms. The lowest BCUT2D eigenvalue weighted by molar-refractivity contribution is -0.425. The Bertz CT molecular complexity index is 374. The second-order valence-electron chi connectivity index (χ2n) is 2.77. The number of nitrogens with zero attached hydrogens (tertiary/aromatic N) is 1. The van der Waals surface area contributed by atoms with Crippen LogP contribution in [0, 0.1) is 15.9 Å². The molecule has 0 aliphatic heterocycles. The molecule has 0 saturated heterocycles. The fourth-order valence-corrected chi connectivity index (χ4v) is 1.06. The van der Waals surface area contributed by atoms with Crippen molar-refractivity contribution in [2.75, 3.05) is 0 Å². The van der Waals surface area contributed by atoms with Gasteiger partial charge in [-0.15, -0.1) is 0 Å². The van der Waals surface area contributed by atoms with Crippen molar-refractivity contribution in [2.24, 2.45) is 0 Å². The molecule has 0 N–H and O–H groups in total. The van der Waals surface area contributed by atoms with Crippen molar-refractivity contribution in [2.45, 2.75) is 13.3 Å². The summed E-state index contributed by atoms with van der Waals surface area (Å²) in [7, 11) is 0. The van der Waals surface area contributed by atoms with Crippen LogP contribution in [0.25, 0.3) is 6.08 Å². The van der Waals surface area contributed by atoms with Gasteiger partial charge < -0.3 is 0 Å². The van der Waals surface area contributed by atoms with Gasteiger partial charge in [0.05, 0.1) is 4.92 Å². The lowest BCUT2D eigenvalue weighted by Crippen LogP contribution is -1.97. The van der Waals surface area contributed by atoms with Crippen LogP contribution in [0.4, 0.5) is 4.39 Å². The van der Waals surface area contributed by atoms with Crippen molar-refractivity contribution in [3.8, 4) is 0 Å². The average molecular weight is 195 g/mol. The summed E-state index contributed by atoms with van der Waals surface area (Å²) in [5.41, 5.74) is 0.260. The largest absolute Gasteiger partial charge is 0.259 e. The molecule has 0 fully saturated rings. The van der Waals surface area contributed by atoms with Gasteiger partial charge in [0.25, 0.3) is 0 Å². The third-order valence-electron chi connectivity index (χ3n) is 1.82. The Kier molecular flexibility index (Phi) is 3.34. The Morgan fingerprint density at radius 2 is 2.21 bits per heavy atom. The van der Waals surface area contributed by atoms with E-state index in [9.17, 15) is 14.5 Å². The summed E-state index contributed by atoms with van der Waals surface area (Å²) in [5, 5.41) is 10.5. The van der Waals surface area contributed by atoms with Crippen LogP contribution in [0.1, 0.15) is 18.9 Å². The molecule has 0 aliphatic carbocycles. The number of halogens is 1. The first kappa shape index (κ1) is 10.4. The third-order valence-corrected chi connectivity index (χ3v) is 1.82. The van der Waals surface area contributed by atoms with Crippen molar-refractivity contribution in [3.05, 3.63) is 51.5 Å². The zero-order chi connectivity index (χ0) is 10.6. The lowest BCUT2D eigenvalue weighted by Gasteiger charge is -1.96. The molecule has 74 valence electrons. The molecule has 0 heterocycles. The van der Waals surface area contributed by atoms with Gasteiger partial charge in [0, 0.05) is 18.1 Å². The van der Waals surface area contributed by atoms with E-state index in [1.165, 1.54) is 18.2 Å². The zero-order valence-corrected chi connectivity index (χ0v) is 7.74. The molecule has 3 nitrogen and oxygen atoms in total. The Hall–Kier alpha value is -1.71. The number of nitro groups is 1. The molecule has 0 unspecified atom stereocenters. The van der Waals surface area contributed by atoms with Crippen LogP contribution >= 0.6 is 0 Å². The summed E-state index contributed by atoms with van der Waals surface area (Å²) in [6, 6.07) is 5.97. The highest BCUT2D eigenvalue weighted by atomic mass is 19.1. The van der Waals surface area contributed by atoms with E-state index in [0.29, 0.717) is 0 Å². The highest BCUT2D eigenvalue weighted by Gasteiger charge is 2.08. The number of allylic oxidation sites excluding steroid dienone is 1. The molecular formula is C10H10FNO2. The molecule has 0 radical (unpaired) electrons. The van der Waals surface area contributed by atoms with E-state index in [1.807, 2.05) is 0 Å². The first-order valence-electron chi connectivity index (χ1n) is 4.24. The van der Waals surface area contributed by atoms with E-state index in [-0.39, 0.29) is 17.7 Å². The second kappa shape index (κ2) is 4.50. The lowest BCUT2D eigenvalue weighted by atomic mass is 10.1. The molecule has 1 aromatic carbocycles. The van der Waals surface area contributed by atoms with Gasteiger partial charge in [-0.25, -0.2) is 4.39 Å². The molecule has 0 spiro atoms. The normalized spacial score (nSPS) is 11.4. The van der Waals surface area contributed by atoms with Crippen LogP contribution in [-0.2, 0) is 0 Å². The van der Waals surface area contributed by atoms with Gasteiger partial charge in [-0.1, -0.05) is 25.1 Å². The molecule has 1 rings (SSSR count). The van der Waals surface area contributed by atoms with Gasteiger partial charge in [0.15, 0.2) is 0 Å². The molecule has 14 heavy (non-hydrogen) atoms. The van der Waals surface area contributed by atoms with Gasteiger partial charge in [-0.3, -0.25) is 10.1 Å². The highest BCUT2D eigenvalue weighted by Crippen LogP contribution is 2.13. The van der Waals surface area contributed by atoms with E-state index in [0.717, 1.165) is 0 Å². The van der Waals surface area contributed by atoms with Crippen molar-refractivity contribution < 1.29 is 9.31 Å². The Balaban J connectivity index is 3.07. The van der Waals surface area contributed by atoms with Crippen molar-refractivity contribution >= 4 is 6.08 Å². The molecule has 0 aromatic heterocycles. The summed E-state index contributed by atoms with van der Waals surface area (Å²) < 4.78 is 13.1. The number of hydrogen-bond donors (Lipinski definition) is 0. The second-order valence-corrected chi connectivity index (χ2v) is 2.77. The molecule has 0 saturated carbocycles. The summed E-state index contributed by atoms with van der Waals surface area (Å²) in [6.07, 6.45) is 1.54. The summed E-state index contributed by atoms with van der Waals surface area (Å²) in [5.74, 6) is -0.444. The van der Waals surface area contributed by atoms with Crippen LogP contribution in [0.3, 0.4) is 0 Å². The van der Waals surface area contributed by atoms with Crippen LogP contribution in [0.5, 0.6) is 0 Å². The topological polar surface area (TPSA) is 43.1 Å². The van der Waals surface area contributed by atoms with Crippen molar-refractivity contribution in [3.63, 3.8) is 0 Å². The molecule has 0 amide bonds. The highest BCUT2D eigenvalue weighted by molar-refractivity contribution is 5.51. The summed E-state index contributed by atoms with van der Waals surface area (Å²) in [6.45, 7) is 1.66. The number of rotatable bonds is 3. The number of benzene rings is 1. The van der Waals surface area contributed by atoms with Crippen LogP contribution in [-0.4, -0.2) is 4.92 Å². The fraction of sp³-hybridized carbons (Fsp3) is 0.200. The van der Waals surface area contributed by atoms with Crippen LogP contribution in [0.15, 0.2) is 30.0 Å². The minimum absolute atomic E-state index is 0.00935. The van der Waals surface area contributed by atoms with E-state index in [4.69, 9.17) is 0 Å². The van der Waals surface area contributed by atoms with Crippen molar-refractivity contribution in [1.29, 1.82) is 0 Å². The molecule has 0 aliphatic rings. The maximum Gasteiger partial charge on any atom is 0.246 e. The SMILES string of the molecule is CC/C(=C\c1ccccc1F)[N+](=O)[O-]. The van der Waals surface area contributed by atoms with Gasteiger partial charge in [0.2, 0.25) is 5.70 Å². The zero-order valence-electron chi connectivity index (χ0n) is 7.74. The van der Waals surface area contributed by atoms with E-state index in [2.05, 4.69) is 0 Å². The van der Waals surface area contributed by atoms with E-state index >= 15 is 0 Å². The minimum atomic E-state index is -0.494. The van der Waals surface area contributed by atoms with Gasteiger partial charge in [0.1, 0.15) is 5.82 Å².